The molecule has 0 spiro atoms. The number of hydrogen-bond acceptors (Lipinski definition) is 3. The summed E-state index contributed by atoms with van der Waals surface area (Å²) in [5.41, 5.74) is 6.98. The molecular formula is C24H24IrNO2-. The van der Waals surface area contributed by atoms with Crippen molar-refractivity contribution in [1.29, 1.82) is 0 Å². The van der Waals surface area contributed by atoms with Crippen LogP contribution in [0.2, 0.25) is 0 Å². The zero-order chi connectivity index (χ0) is 19.8. The van der Waals surface area contributed by atoms with Crippen LogP contribution in [0.4, 0.5) is 0 Å². The van der Waals surface area contributed by atoms with Gasteiger partial charge in [-0.15, -0.1) is 35.9 Å². The summed E-state index contributed by atoms with van der Waals surface area (Å²) in [7, 11) is 0. The summed E-state index contributed by atoms with van der Waals surface area (Å²) in [6.45, 7) is 7.11. The summed E-state index contributed by atoms with van der Waals surface area (Å²) in [4.78, 5) is 14.5. The van der Waals surface area contributed by atoms with E-state index in [1.807, 2.05) is 30.5 Å². The first kappa shape index (κ1) is 23.5. The van der Waals surface area contributed by atoms with E-state index in [0.717, 1.165) is 11.3 Å². The molecule has 28 heavy (non-hydrogen) atoms. The number of benzene rings is 2. The SMILES string of the molecule is CC(=O)C=C(C)O.Cc1cc(C)cc(-c2ccnc(-c3[c-]cccc3)c2)c1.[Ir]. The summed E-state index contributed by atoms with van der Waals surface area (Å²) in [5, 5.41) is 8.36. The number of carbonyl (C=O) groups excluding carboxylic acids is 1. The van der Waals surface area contributed by atoms with Gasteiger partial charge in [0.15, 0.2) is 5.78 Å². The standard InChI is InChI=1S/C19H16N.C5H8O2.Ir/c1-14-10-15(2)12-18(11-14)17-8-9-20-19(13-17)16-6-4-3-5-7-16;1-4(6)3-5(2)7;/h3-6,8-13H,1-2H3;3,6H,1-2H3;/q-1;;. The molecule has 1 aromatic heterocycles. The van der Waals surface area contributed by atoms with Gasteiger partial charge in [0.05, 0.1) is 5.76 Å². The summed E-state index contributed by atoms with van der Waals surface area (Å²) in [6.07, 6.45) is 3.03. The molecule has 0 saturated carbocycles. The predicted octanol–water partition coefficient (Wildman–Crippen LogP) is 5.87. The Morgan fingerprint density at radius 2 is 1.68 bits per heavy atom. The third-order valence-electron chi connectivity index (χ3n) is 3.71. The predicted molar refractivity (Wildman–Crippen MR) is 110 cm³/mol. The van der Waals surface area contributed by atoms with Crippen molar-refractivity contribution in [2.24, 2.45) is 0 Å². The minimum absolute atomic E-state index is 0. The number of aryl methyl sites for hydroxylation is 2. The number of carbonyl (C=O) groups is 1. The third-order valence-corrected chi connectivity index (χ3v) is 3.71. The van der Waals surface area contributed by atoms with E-state index in [1.54, 1.807) is 0 Å². The molecule has 3 rings (SSSR count). The first-order valence-electron chi connectivity index (χ1n) is 8.75. The van der Waals surface area contributed by atoms with E-state index in [0.29, 0.717) is 0 Å². The number of aliphatic hydroxyl groups is 1. The van der Waals surface area contributed by atoms with Crippen LogP contribution in [0, 0.1) is 19.9 Å². The Balaban J connectivity index is 0.000000425. The maximum Gasteiger partial charge on any atom is 0.155 e. The second-order valence-electron chi connectivity index (χ2n) is 6.48. The van der Waals surface area contributed by atoms with Gasteiger partial charge in [0.25, 0.3) is 0 Å². The molecule has 4 heteroatoms. The van der Waals surface area contributed by atoms with Crippen molar-refractivity contribution in [3.05, 3.63) is 89.8 Å². The van der Waals surface area contributed by atoms with Crippen molar-refractivity contribution in [3.8, 4) is 22.4 Å². The molecular weight excluding hydrogens is 526 g/mol. The number of hydrogen-bond donors (Lipinski definition) is 1. The van der Waals surface area contributed by atoms with Gasteiger partial charge in [-0.2, -0.15) is 0 Å². The van der Waals surface area contributed by atoms with Crippen LogP contribution < -0.4 is 0 Å². The van der Waals surface area contributed by atoms with E-state index in [-0.39, 0.29) is 31.6 Å². The Hall–Kier alpha value is -2.55. The molecule has 0 bridgehead atoms. The van der Waals surface area contributed by atoms with Gasteiger partial charge in [0.1, 0.15) is 0 Å². The van der Waals surface area contributed by atoms with E-state index >= 15 is 0 Å². The van der Waals surface area contributed by atoms with Crippen LogP contribution in [0.1, 0.15) is 25.0 Å². The van der Waals surface area contributed by atoms with Crippen molar-refractivity contribution in [3.63, 3.8) is 0 Å². The number of ketones is 1. The van der Waals surface area contributed by atoms with Crippen LogP contribution in [0.15, 0.2) is 72.6 Å². The molecule has 0 fully saturated rings. The van der Waals surface area contributed by atoms with Gasteiger partial charge in [-0.1, -0.05) is 35.4 Å². The molecule has 0 aliphatic heterocycles. The first-order chi connectivity index (χ1) is 12.8. The smallest absolute Gasteiger partial charge is 0.155 e. The van der Waals surface area contributed by atoms with Crippen LogP contribution in [-0.4, -0.2) is 15.9 Å². The Morgan fingerprint density at radius 3 is 2.18 bits per heavy atom. The fourth-order valence-corrected chi connectivity index (χ4v) is 2.75. The molecule has 0 atom stereocenters. The molecule has 0 saturated heterocycles. The Labute approximate surface area is 180 Å². The monoisotopic (exact) mass is 551 g/mol. The number of nitrogens with zero attached hydrogens (tertiary/aromatic N) is 1. The van der Waals surface area contributed by atoms with Gasteiger partial charge in [-0.3, -0.25) is 4.79 Å². The minimum atomic E-state index is -0.125. The van der Waals surface area contributed by atoms with Crippen LogP contribution in [-0.2, 0) is 24.9 Å². The molecule has 3 aromatic rings. The van der Waals surface area contributed by atoms with Gasteiger partial charge in [0, 0.05) is 32.4 Å². The Morgan fingerprint density at radius 1 is 1.00 bits per heavy atom. The van der Waals surface area contributed by atoms with Crippen LogP contribution in [0.3, 0.4) is 0 Å². The molecule has 1 heterocycles. The van der Waals surface area contributed by atoms with Crippen LogP contribution in [0.25, 0.3) is 22.4 Å². The van der Waals surface area contributed by atoms with Crippen molar-refractivity contribution < 1.29 is 30.0 Å². The summed E-state index contributed by atoms with van der Waals surface area (Å²) < 4.78 is 0. The fraction of sp³-hybridized carbons (Fsp3) is 0.167. The minimum Gasteiger partial charge on any atom is -0.512 e. The second kappa shape index (κ2) is 11.3. The average Bonchev–Trinajstić information content (AvgIpc) is 2.61. The van der Waals surface area contributed by atoms with Crippen molar-refractivity contribution in [2.75, 3.05) is 0 Å². The normalized spacial score (nSPS) is 10.4. The van der Waals surface area contributed by atoms with E-state index < -0.39 is 0 Å². The zero-order valence-corrected chi connectivity index (χ0v) is 18.9. The van der Waals surface area contributed by atoms with Gasteiger partial charge >= 0.3 is 0 Å². The molecule has 147 valence electrons. The van der Waals surface area contributed by atoms with Gasteiger partial charge in [-0.05, 0) is 50.6 Å². The molecule has 2 aromatic carbocycles. The fourth-order valence-electron chi connectivity index (χ4n) is 2.75. The maximum atomic E-state index is 10.0. The Bertz CT molecular complexity index is 926. The van der Waals surface area contributed by atoms with Gasteiger partial charge in [0.2, 0.25) is 0 Å². The topological polar surface area (TPSA) is 50.2 Å². The third kappa shape index (κ3) is 7.59. The number of aliphatic hydroxyl groups excluding tert-OH is 1. The molecule has 0 aliphatic rings. The zero-order valence-electron chi connectivity index (χ0n) is 16.5. The number of rotatable bonds is 3. The first-order valence-corrected chi connectivity index (χ1v) is 8.75. The molecule has 1 N–H and O–H groups in total. The van der Waals surface area contributed by atoms with Crippen LogP contribution in [0.5, 0.6) is 0 Å². The molecule has 0 aliphatic carbocycles. The van der Waals surface area contributed by atoms with E-state index in [2.05, 4.69) is 55.2 Å². The maximum absolute atomic E-state index is 10.0. The number of aromatic nitrogens is 1. The summed E-state index contributed by atoms with van der Waals surface area (Å²) >= 11 is 0. The van der Waals surface area contributed by atoms with Crippen LogP contribution >= 0.6 is 0 Å². The van der Waals surface area contributed by atoms with Gasteiger partial charge in [-0.25, -0.2) is 0 Å². The van der Waals surface area contributed by atoms with Crippen molar-refractivity contribution in [1.82, 2.24) is 4.98 Å². The quantitative estimate of drug-likeness (QED) is 0.252. The molecule has 1 radical (unpaired) electrons. The molecule has 0 amide bonds. The van der Waals surface area contributed by atoms with Crippen molar-refractivity contribution in [2.45, 2.75) is 27.7 Å². The molecule has 3 nitrogen and oxygen atoms in total. The van der Waals surface area contributed by atoms with E-state index in [4.69, 9.17) is 5.11 Å². The van der Waals surface area contributed by atoms with E-state index in [9.17, 15) is 4.79 Å². The second-order valence-corrected chi connectivity index (χ2v) is 6.48. The average molecular weight is 551 g/mol. The van der Waals surface area contributed by atoms with E-state index in [1.165, 1.54) is 42.2 Å². The van der Waals surface area contributed by atoms with Crippen molar-refractivity contribution >= 4 is 5.78 Å². The van der Waals surface area contributed by atoms with Gasteiger partial charge < -0.3 is 10.1 Å². The number of pyridine rings is 1. The summed E-state index contributed by atoms with van der Waals surface area (Å²) in [5.74, 6) is -0.0625. The number of allylic oxidation sites excluding steroid dienone is 2. The molecule has 0 unspecified atom stereocenters. The summed E-state index contributed by atoms with van der Waals surface area (Å²) in [6, 6.07) is 21.9. The largest absolute Gasteiger partial charge is 0.512 e. The Kier molecular flexibility index (Phi) is 9.50.